The summed E-state index contributed by atoms with van der Waals surface area (Å²) in [5, 5.41) is 6.88. The van der Waals surface area contributed by atoms with Crippen LogP contribution in [0, 0.1) is 5.82 Å². The number of likely N-dealkylation sites (tertiary alicyclic amines) is 1. The number of fused-ring (bicyclic) bond motifs is 1. The molecule has 0 aliphatic carbocycles. The lowest BCUT2D eigenvalue weighted by molar-refractivity contribution is -0.111. The second kappa shape index (κ2) is 9.71. The number of amides is 1. The van der Waals surface area contributed by atoms with Gasteiger partial charge in [-0.15, -0.1) is 0 Å². The van der Waals surface area contributed by atoms with Crippen molar-refractivity contribution < 1.29 is 9.18 Å². The van der Waals surface area contributed by atoms with Gasteiger partial charge in [0.05, 0.1) is 22.9 Å². The fourth-order valence-corrected chi connectivity index (χ4v) is 4.32. The van der Waals surface area contributed by atoms with Gasteiger partial charge in [-0.1, -0.05) is 18.7 Å². The Morgan fingerprint density at radius 2 is 2.03 bits per heavy atom. The number of benzene rings is 2. The molecule has 8 nitrogen and oxygen atoms in total. The summed E-state index contributed by atoms with van der Waals surface area (Å²) in [5.41, 5.74) is 4.32. The monoisotopic (exact) mass is 483 g/mol. The molecule has 0 unspecified atom stereocenters. The molecule has 0 saturated carbocycles. The Labute approximate surface area is 208 Å². The first-order valence-corrected chi connectivity index (χ1v) is 11.5. The first-order chi connectivity index (χ1) is 17.4. The quantitative estimate of drug-likeness (QED) is 0.376. The van der Waals surface area contributed by atoms with E-state index in [9.17, 15) is 9.18 Å². The minimum absolute atomic E-state index is 0.290. The molecule has 0 bridgehead atoms. The molecule has 1 amide bonds. The van der Waals surface area contributed by atoms with Gasteiger partial charge in [0.25, 0.3) is 0 Å². The van der Waals surface area contributed by atoms with Gasteiger partial charge in [0.2, 0.25) is 11.9 Å². The summed E-state index contributed by atoms with van der Waals surface area (Å²) in [4.78, 5) is 29.9. The number of halogens is 1. The maximum atomic E-state index is 13.9. The normalized spacial score (nSPS) is 13.8. The van der Waals surface area contributed by atoms with E-state index >= 15 is 0 Å². The van der Waals surface area contributed by atoms with Crippen molar-refractivity contribution in [3.63, 3.8) is 0 Å². The Balaban J connectivity index is 1.48. The molecule has 2 aromatic heterocycles. The highest BCUT2D eigenvalue weighted by Gasteiger charge is 2.28. The molecule has 3 heterocycles. The molecule has 1 aliphatic rings. The summed E-state index contributed by atoms with van der Waals surface area (Å²) in [6.45, 7) is 5.48. The summed E-state index contributed by atoms with van der Waals surface area (Å²) in [6, 6.07) is 12.4. The number of aromatic nitrogens is 3. The van der Waals surface area contributed by atoms with Crippen LogP contribution >= 0.6 is 0 Å². The average Bonchev–Trinajstić information content (AvgIpc) is 2.86. The highest BCUT2D eigenvalue weighted by atomic mass is 19.1. The topological polar surface area (TPSA) is 86.3 Å². The third kappa shape index (κ3) is 4.73. The first kappa shape index (κ1) is 23.4. The minimum atomic E-state index is -0.329. The third-order valence-electron chi connectivity index (χ3n) is 6.29. The van der Waals surface area contributed by atoms with Gasteiger partial charge in [-0.05, 0) is 49.0 Å². The van der Waals surface area contributed by atoms with Gasteiger partial charge < -0.3 is 20.4 Å². The fourth-order valence-electron chi connectivity index (χ4n) is 4.32. The molecule has 9 heteroatoms. The number of likely N-dealkylation sites (N-methyl/N-ethyl adjacent to an activating group) is 2. The van der Waals surface area contributed by atoms with Gasteiger partial charge >= 0.3 is 0 Å². The number of nitrogens with zero attached hydrogens (tertiary/aromatic N) is 5. The van der Waals surface area contributed by atoms with Gasteiger partial charge in [-0.3, -0.25) is 9.78 Å². The van der Waals surface area contributed by atoms with Crippen LogP contribution in [0.25, 0.3) is 22.0 Å². The lowest BCUT2D eigenvalue weighted by atomic mass is 10.1. The van der Waals surface area contributed by atoms with Crippen molar-refractivity contribution in [3.05, 3.63) is 79.5 Å². The van der Waals surface area contributed by atoms with E-state index in [1.165, 1.54) is 18.2 Å². The molecule has 2 N–H and O–H groups in total. The van der Waals surface area contributed by atoms with Crippen LogP contribution in [0.3, 0.4) is 0 Å². The lowest BCUT2D eigenvalue weighted by Gasteiger charge is -2.43. The summed E-state index contributed by atoms with van der Waals surface area (Å²) in [5.74, 6) is -0.250. The first-order valence-electron chi connectivity index (χ1n) is 11.5. The molecule has 1 aliphatic heterocycles. The highest BCUT2D eigenvalue weighted by Crippen LogP contribution is 2.33. The average molecular weight is 484 g/mol. The maximum absolute atomic E-state index is 13.9. The molecular weight excluding hydrogens is 457 g/mol. The van der Waals surface area contributed by atoms with Crippen LogP contribution in [-0.4, -0.2) is 59.0 Å². The fraction of sp³-hybridized carbons (Fsp3) is 0.185. The van der Waals surface area contributed by atoms with Gasteiger partial charge in [0, 0.05) is 55.4 Å². The van der Waals surface area contributed by atoms with E-state index in [2.05, 4.69) is 44.0 Å². The predicted molar refractivity (Wildman–Crippen MR) is 141 cm³/mol. The molecule has 0 atom stereocenters. The highest BCUT2D eigenvalue weighted by molar-refractivity contribution is 6.02. The van der Waals surface area contributed by atoms with Crippen LogP contribution in [0.15, 0.2) is 73.7 Å². The van der Waals surface area contributed by atoms with E-state index in [0.29, 0.717) is 40.0 Å². The number of carbonyl (C=O) groups is 1. The Hall–Kier alpha value is -4.37. The lowest BCUT2D eigenvalue weighted by Crippen LogP contribution is -2.56. The zero-order valence-electron chi connectivity index (χ0n) is 20.1. The van der Waals surface area contributed by atoms with E-state index in [4.69, 9.17) is 4.98 Å². The van der Waals surface area contributed by atoms with Crippen molar-refractivity contribution in [1.29, 1.82) is 0 Å². The van der Waals surface area contributed by atoms with Crippen LogP contribution < -0.4 is 15.5 Å². The van der Waals surface area contributed by atoms with Gasteiger partial charge in [-0.25, -0.2) is 14.4 Å². The molecule has 182 valence electrons. The van der Waals surface area contributed by atoms with Crippen LogP contribution in [0.2, 0.25) is 0 Å². The van der Waals surface area contributed by atoms with E-state index in [1.807, 2.05) is 31.3 Å². The van der Waals surface area contributed by atoms with Gasteiger partial charge in [0.1, 0.15) is 5.82 Å². The molecule has 0 radical (unpaired) electrons. The number of hydrogen-bond donors (Lipinski definition) is 2. The van der Waals surface area contributed by atoms with Crippen LogP contribution in [0.1, 0.15) is 0 Å². The number of carbonyl (C=O) groups excluding carboxylic acids is 1. The molecule has 1 saturated heterocycles. The zero-order chi connectivity index (χ0) is 25.2. The maximum Gasteiger partial charge on any atom is 0.247 e. The zero-order valence-corrected chi connectivity index (χ0v) is 20.1. The molecule has 4 aromatic rings. The minimum Gasteiger partial charge on any atom is -0.367 e. The Bertz CT molecular complexity index is 1450. The Morgan fingerprint density at radius 3 is 2.78 bits per heavy atom. The number of hydrogen-bond acceptors (Lipinski definition) is 7. The second-order valence-electron chi connectivity index (χ2n) is 8.87. The molecule has 5 rings (SSSR count). The van der Waals surface area contributed by atoms with E-state index in [-0.39, 0.29) is 11.7 Å². The van der Waals surface area contributed by atoms with Gasteiger partial charge in [-0.2, -0.15) is 0 Å². The Morgan fingerprint density at radius 1 is 1.19 bits per heavy atom. The van der Waals surface area contributed by atoms with E-state index < -0.39 is 0 Å². The molecular formula is C27H26FN7O. The van der Waals surface area contributed by atoms with Crippen molar-refractivity contribution in [2.24, 2.45) is 0 Å². The Kier molecular flexibility index (Phi) is 6.30. The predicted octanol–water partition coefficient (Wildman–Crippen LogP) is 4.45. The summed E-state index contributed by atoms with van der Waals surface area (Å²) in [7, 11) is 4.11. The molecule has 36 heavy (non-hydrogen) atoms. The summed E-state index contributed by atoms with van der Waals surface area (Å²) < 4.78 is 13.9. The second-order valence-corrected chi connectivity index (χ2v) is 8.87. The van der Waals surface area contributed by atoms with Crippen molar-refractivity contribution in [2.45, 2.75) is 6.04 Å². The summed E-state index contributed by atoms with van der Waals surface area (Å²) in [6.07, 6.45) is 6.26. The van der Waals surface area contributed by atoms with Crippen molar-refractivity contribution in [1.82, 2.24) is 19.9 Å². The smallest absolute Gasteiger partial charge is 0.247 e. The van der Waals surface area contributed by atoms with Crippen LogP contribution in [0.4, 0.5) is 27.4 Å². The SMILES string of the molecule is C=CC(=O)Nc1cc(Nc2ncc3cncc(-c4cccc(F)c4)c3n2)ccc1N(C)C1CN(C)C1. The number of nitrogens with one attached hydrogen (secondary N) is 2. The van der Waals surface area contributed by atoms with Crippen LogP contribution in [0.5, 0.6) is 0 Å². The van der Waals surface area contributed by atoms with E-state index in [0.717, 1.165) is 24.2 Å². The van der Waals surface area contributed by atoms with Crippen LogP contribution in [-0.2, 0) is 4.79 Å². The van der Waals surface area contributed by atoms with E-state index in [1.54, 1.807) is 24.7 Å². The molecule has 1 fully saturated rings. The number of pyridine rings is 1. The van der Waals surface area contributed by atoms with Crippen molar-refractivity contribution >= 4 is 39.8 Å². The van der Waals surface area contributed by atoms with Crippen molar-refractivity contribution in [2.75, 3.05) is 42.7 Å². The molecule has 0 spiro atoms. The van der Waals surface area contributed by atoms with Gasteiger partial charge in [0.15, 0.2) is 0 Å². The standard InChI is InChI=1S/C27H26FN7O/c1-4-25(36)32-23-11-20(8-9-24(23)35(3)21-15-34(2)16-21)31-27-30-13-18-12-29-14-22(26(18)33-27)17-6-5-7-19(28)10-17/h4-14,21H,1,15-16H2,2-3H3,(H,32,36)(H,30,31,33). The molecule has 2 aromatic carbocycles. The van der Waals surface area contributed by atoms with Crippen molar-refractivity contribution in [3.8, 4) is 11.1 Å². The third-order valence-corrected chi connectivity index (χ3v) is 6.29. The number of rotatable bonds is 7. The summed E-state index contributed by atoms with van der Waals surface area (Å²) >= 11 is 0. The number of anilines is 4. The largest absolute Gasteiger partial charge is 0.367 e.